The molecule has 0 unspecified atom stereocenters. The first-order valence-corrected chi connectivity index (χ1v) is 6.00. The van der Waals surface area contributed by atoms with E-state index in [0.29, 0.717) is 11.5 Å². The van der Waals surface area contributed by atoms with Gasteiger partial charge in [-0.1, -0.05) is 18.2 Å². The van der Waals surface area contributed by atoms with Gasteiger partial charge in [0.25, 0.3) is 5.91 Å². The molecule has 0 radical (unpaired) electrons. The third kappa shape index (κ3) is 3.28. The molecular formula is C14H16N4O. The Hall–Kier alpha value is -2.43. The maximum absolute atomic E-state index is 12.0. The van der Waals surface area contributed by atoms with E-state index in [-0.39, 0.29) is 5.91 Å². The summed E-state index contributed by atoms with van der Waals surface area (Å²) in [6.07, 6.45) is 0. The van der Waals surface area contributed by atoms with Crippen molar-refractivity contribution in [2.75, 3.05) is 5.43 Å². The lowest BCUT2D eigenvalue weighted by Crippen LogP contribution is -2.31. The van der Waals surface area contributed by atoms with Gasteiger partial charge in [0.15, 0.2) is 0 Å². The minimum absolute atomic E-state index is 0.208. The second-order valence-corrected chi connectivity index (χ2v) is 4.37. The summed E-state index contributed by atoms with van der Waals surface area (Å²) in [4.78, 5) is 20.3. The first kappa shape index (κ1) is 13.0. The van der Waals surface area contributed by atoms with Crippen LogP contribution in [0.15, 0.2) is 30.3 Å². The first-order valence-electron chi connectivity index (χ1n) is 6.00. The Balaban J connectivity index is 2.07. The van der Waals surface area contributed by atoms with Crippen molar-refractivity contribution in [2.24, 2.45) is 0 Å². The third-order valence-electron chi connectivity index (χ3n) is 2.66. The Kier molecular flexibility index (Phi) is 3.75. The van der Waals surface area contributed by atoms with Gasteiger partial charge in [-0.2, -0.15) is 0 Å². The number of nitrogens with zero attached hydrogens (tertiary/aromatic N) is 2. The molecule has 0 saturated carbocycles. The molecule has 0 aliphatic carbocycles. The summed E-state index contributed by atoms with van der Waals surface area (Å²) in [6.45, 7) is 5.65. The molecule has 1 amide bonds. The molecule has 98 valence electrons. The van der Waals surface area contributed by atoms with Crippen molar-refractivity contribution >= 4 is 11.9 Å². The second-order valence-electron chi connectivity index (χ2n) is 4.37. The zero-order valence-corrected chi connectivity index (χ0v) is 11.2. The molecule has 0 aliphatic heterocycles. The van der Waals surface area contributed by atoms with Gasteiger partial charge >= 0.3 is 0 Å². The Morgan fingerprint density at radius 3 is 2.32 bits per heavy atom. The predicted octanol–water partition coefficient (Wildman–Crippen LogP) is 2.16. The average Bonchev–Trinajstić information content (AvgIpc) is 2.35. The topological polar surface area (TPSA) is 66.9 Å². The summed E-state index contributed by atoms with van der Waals surface area (Å²) in [7, 11) is 0. The van der Waals surface area contributed by atoms with Crippen LogP contribution in [0.5, 0.6) is 0 Å². The highest BCUT2D eigenvalue weighted by atomic mass is 16.2. The Labute approximate surface area is 112 Å². The molecule has 1 aromatic heterocycles. The van der Waals surface area contributed by atoms with E-state index < -0.39 is 0 Å². The number of aromatic nitrogens is 2. The van der Waals surface area contributed by atoms with Crippen LogP contribution in [0.25, 0.3) is 0 Å². The van der Waals surface area contributed by atoms with Crippen LogP contribution in [-0.2, 0) is 0 Å². The van der Waals surface area contributed by atoms with Gasteiger partial charge < -0.3 is 0 Å². The maximum Gasteiger partial charge on any atom is 0.269 e. The molecule has 0 atom stereocenters. The zero-order valence-electron chi connectivity index (χ0n) is 11.2. The molecule has 2 N–H and O–H groups in total. The lowest BCUT2D eigenvalue weighted by molar-refractivity contribution is 0.0961. The number of carbonyl (C=O) groups excluding carboxylic acids is 1. The van der Waals surface area contributed by atoms with Gasteiger partial charge in [0.1, 0.15) is 0 Å². The van der Waals surface area contributed by atoms with Crippen molar-refractivity contribution in [3.05, 3.63) is 52.8 Å². The van der Waals surface area contributed by atoms with E-state index in [9.17, 15) is 4.79 Å². The van der Waals surface area contributed by atoms with Crippen LogP contribution >= 0.6 is 0 Å². The lowest BCUT2D eigenvalue weighted by atomic mass is 10.1. The Morgan fingerprint density at radius 2 is 1.68 bits per heavy atom. The Morgan fingerprint density at radius 1 is 1.05 bits per heavy atom. The van der Waals surface area contributed by atoms with Crippen molar-refractivity contribution < 1.29 is 4.79 Å². The lowest BCUT2D eigenvalue weighted by Gasteiger charge is -2.09. The fourth-order valence-electron chi connectivity index (χ4n) is 1.79. The van der Waals surface area contributed by atoms with Gasteiger partial charge in [-0.15, -0.1) is 0 Å². The standard InChI is InChI=1S/C14H16N4O/c1-9-6-4-5-7-12(9)13(19)17-18-14-15-10(2)8-11(3)16-14/h4-8H,1-3H3,(H,17,19)(H,15,16,18). The molecular weight excluding hydrogens is 240 g/mol. The number of aryl methyl sites for hydroxylation is 3. The van der Waals surface area contributed by atoms with Crippen LogP contribution < -0.4 is 10.9 Å². The quantitative estimate of drug-likeness (QED) is 0.826. The van der Waals surface area contributed by atoms with Crippen LogP contribution in [0.2, 0.25) is 0 Å². The number of hydrogen-bond donors (Lipinski definition) is 2. The molecule has 0 aliphatic rings. The highest BCUT2D eigenvalue weighted by molar-refractivity contribution is 5.96. The molecule has 1 aromatic carbocycles. The van der Waals surface area contributed by atoms with Gasteiger partial charge in [0.2, 0.25) is 5.95 Å². The summed E-state index contributed by atoms with van der Waals surface area (Å²) in [5.41, 5.74) is 8.57. The number of benzene rings is 1. The molecule has 2 rings (SSSR count). The number of hydrogen-bond acceptors (Lipinski definition) is 4. The van der Waals surface area contributed by atoms with Crippen molar-refractivity contribution in [3.8, 4) is 0 Å². The van der Waals surface area contributed by atoms with E-state index >= 15 is 0 Å². The average molecular weight is 256 g/mol. The number of carbonyl (C=O) groups is 1. The van der Waals surface area contributed by atoms with Gasteiger partial charge in [-0.05, 0) is 38.5 Å². The highest BCUT2D eigenvalue weighted by Crippen LogP contribution is 2.07. The van der Waals surface area contributed by atoms with Crippen LogP contribution in [0.1, 0.15) is 27.3 Å². The summed E-state index contributed by atoms with van der Waals surface area (Å²) >= 11 is 0. The molecule has 0 fully saturated rings. The Bertz CT molecular complexity index is 590. The van der Waals surface area contributed by atoms with Gasteiger partial charge in [0, 0.05) is 17.0 Å². The largest absolute Gasteiger partial charge is 0.269 e. The molecule has 5 heteroatoms. The van der Waals surface area contributed by atoms with Crippen molar-refractivity contribution in [2.45, 2.75) is 20.8 Å². The van der Waals surface area contributed by atoms with Crippen molar-refractivity contribution in [1.29, 1.82) is 0 Å². The molecule has 5 nitrogen and oxygen atoms in total. The first-order chi connectivity index (χ1) is 9.06. The summed E-state index contributed by atoms with van der Waals surface area (Å²) in [6, 6.07) is 9.26. The van der Waals surface area contributed by atoms with Crippen LogP contribution in [0.3, 0.4) is 0 Å². The highest BCUT2D eigenvalue weighted by Gasteiger charge is 2.08. The smallest absolute Gasteiger partial charge is 0.267 e. The fraction of sp³-hybridized carbons (Fsp3) is 0.214. The van der Waals surface area contributed by atoms with Gasteiger partial charge in [-0.3, -0.25) is 15.6 Å². The summed E-state index contributed by atoms with van der Waals surface area (Å²) < 4.78 is 0. The second kappa shape index (κ2) is 5.48. The molecule has 0 spiro atoms. The monoisotopic (exact) mass is 256 g/mol. The molecule has 2 aromatic rings. The SMILES string of the molecule is Cc1cc(C)nc(NNC(=O)c2ccccc2C)n1. The van der Waals surface area contributed by atoms with E-state index in [1.165, 1.54) is 0 Å². The summed E-state index contributed by atoms with van der Waals surface area (Å²) in [5, 5.41) is 0. The van der Waals surface area contributed by atoms with E-state index in [2.05, 4.69) is 20.8 Å². The third-order valence-corrected chi connectivity index (χ3v) is 2.66. The maximum atomic E-state index is 12.0. The van der Waals surface area contributed by atoms with Crippen LogP contribution in [0.4, 0.5) is 5.95 Å². The van der Waals surface area contributed by atoms with Gasteiger partial charge in [-0.25, -0.2) is 9.97 Å². The van der Waals surface area contributed by atoms with Crippen LogP contribution in [0, 0.1) is 20.8 Å². The van der Waals surface area contributed by atoms with E-state index in [1.807, 2.05) is 45.0 Å². The van der Waals surface area contributed by atoms with E-state index in [4.69, 9.17) is 0 Å². The van der Waals surface area contributed by atoms with Crippen molar-refractivity contribution in [3.63, 3.8) is 0 Å². The normalized spacial score (nSPS) is 10.1. The zero-order chi connectivity index (χ0) is 13.8. The molecule has 1 heterocycles. The van der Waals surface area contributed by atoms with Crippen LogP contribution in [-0.4, -0.2) is 15.9 Å². The van der Waals surface area contributed by atoms with Crippen molar-refractivity contribution in [1.82, 2.24) is 15.4 Å². The minimum atomic E-state index is -0.208. The number of anilines is 1. The number of rotatable bonds is 3. The summed E-state index contributed by atoms with van der Waals surface area (Å²) in [5.74, 6) is 0.181. The van der Waals surface area contributed by atoms with Gasteiger partial charge in [0.05, 0.1) is 0 Å². The molecule has 19 heavy (non-hydrogen) atoms. The van der Waals surface area contributed by atoms with E-state index in [0.717, 1.165) is 17.0 Å². The molecule has 0 bridgehead atoms. The predicted molar refractivity (Wildman–Crippen MR) is 73.8 cm³/mol. The fourth-order valence-corrected chi connectivity index (χ4v) is 1.79. The van der Waals surface area contributed by atoms with E-state index in [1.54, 1.807) is 6.07 Å². The number of hydrazine groups is 1. The minimum Gasteiger partial charge on any atom is -0.267 e. The number of amides is 1. The molecule has 0 saturated heterocycles. The number of nitrogens with one attached hydrogen (secondary N) is 2.